The van der Waals surface area contributed by atoms with Crippen molar-refractivity contribution in [2.45, 2.75) is 51.1 Å². The zero-order valence-corrected chi connectivity index (χ0v) is 15.6. The molecule has 3 nitrogen and oxygen atoms in total. The number of ether oxygens (including phenoxy) is 2. The van der Waals surface area contributed by atoms with Gasteiger partial charge < -0.3 is 14.8 Å². The molecule has 0 radical (unpaired) electrons. The summed E-state index contributed by atoms with van der Waals surface area (Å²) in [6, 6.07) is 7.36. The first-order valence-corrected chi connectivity index (χ1v) is 9.54. The molecule has 4 heteroatoms. The normalized spacial score (nSPS) is 21.9. The topological polar surface area (TPSA) is 30.5 Å². The average molecular weight is 343 g/mol. The summed E-state index contributed by atoms with van der Waals surface area (Å²) < 4.78 is 11.1. The van der Waals surface area contributed by atoms with E-state index in [2.05, 4.69) is 37.4 Å². The Morgan fingerprint density at radius 1 is 1.08 bits per heavy atom. The average Bonchev–Trinajstić information content (AvgIpc) is 3.04. The number of rotatable bonds is 3. The van der Waals surface area contributed by atoms with Crippen LogP contribution in [0.5, 0.6) is 11.5 Å². The van der Waals surface area contributed by atoms with Crippen molar-refractivity contribution in [3.05, 3.63) is 44.6 Å². The molecule has 1 aliphatic heterocycles. The molecule has 2 atom stereocenters. The van der Waals surface area contributed by atoms with Crippen LogP contribution < -0.4 is 14.8 Å². The van der Waals surface area contributed by atoms with Gasteiger partial charge in [0.1, 0.15) is 0 Å². The van der Waals surface area contributed by atoms with Gasteiger partial charge in [-0.2, -0.15) is 0 Å². The summed E-state index contributed by atoms with van der Waals surface area (Å²) in [6.45, 7) is 5.58. The Balaban J connectivity index is 1.85. The van der Waals surface area contributed by atoms with Crippen molar-refractivity contribution in [3.63, 3.8) is 0 Å². The molecule has 0 saturated heterocycles. The van der Waals surface area contributed by atoms with Crippen LogP contribution in [0.3, 0.4) is 0 Å². The van der Waals surface area contributed by atoms with E-state index in [9.17, 15) is 0 Å². The largest absolute Gasteiger partial charge is 0.493 e. The number of methoxy groups -OCH3 is 2. The maximum Gasteiger partial charge on any atom is 0.161 e. The Kier molecular flexibility index (Phi) is 4.05. The van der Waals surface area contributed by atoms with Gasteiger partial charge in [0.2, 0.25) is 0 Å². The van der Waals surface area contributed by atoms with Crippen molar-refractivity contribution < 1.29 is 9.47 Å². The summed E-state index contributed by atoms with van der Waals surface area (Å²) in [4.78, 5) is 3.00. The smallest absolute Gasteiger partial charge is 0.161 e. The molecular formula is C20H25NO2S. The maximum atomic E-state index is 5.57. The summed E-state index contributed by atoms with van der Waals surface area (Å²) in [7, 11) is 3.43. The quantitative estimate of drug-likeness (QED) is 0.894. The molecule has 0 bridgehead atoms. The van der Waals surface area contributed by atoms with E-state index in [0.29, 0.717) is 17.9 Å². The first-order chi connectivity index (χ1) is 11.6. The molecule has 0 amide bonds. The third-order valence-electron chi connectivity index (χ3n) is 5.40. The molecule has 0 unspecified atom stereocenters. The number of nitrogens with one attached hydrogen (secondary N) is 1. The van der Waals surface area contributed by atoms with Crippen molar-refractivity contribution in [2.75, 3.05) is 14.2 Å². The number of hydrogen-bond donors (Lipinski definition) is 1. The van der Waals surface area contributed by atoms with Gasteiger partial charge in [0.25, 0.3) is 0 Å². The van der Waals surface area contributed by atoms with Gasteiger partial charge in [0.05, 0.1) is 14.2 Å². The molecule has 1 aliphatic carbocycles. The number of fused-ring (bicyclic) bond motifs is 5. The fraction of sp³-hybridized carbons (Fsp3) is 0.500. The zero-order valence-electron chi connectivity index (χ0n) is 14.8. The lowest BCUT2D eigenvalue weighted by Crippen LogP contribution is -2.42. The standard InChI is InChI=1S/C20H25NO2S/c1-11(2)18-9-14-19(24-18)10-21-15-6-5-12-7-16(22-3)17(23-4)8-13(12)20(14)15/h7-9,11,15,20-21H,5-6,10H2,1-4H3/t15-,20+/m0/s1. The van der Waals surface area contributed by atoms with Gasteiger partial charge >= 0.3 is 0 Å². The fourth-order valence-corrected chi connectivity index (χ4v) is 5.28. The van der Waals surface area contributed by atoms with E-state index < -0.39 is 0 Å². The Hall–Kier alpha value is -1.52. The molecule has 0 saturated carbocycles. The molecule has 24 heavy (non-hydrogen) atoms. The predicted molar refractivity (Wildman–Crippen MR) is 98.7 cm³/mol. The van der Waals surface area contributed by atoms with E-state index in [1.807, 2.05) is 11.3 Å². The fourth-order valence-electron chi connectivity index (χ4n) is 4.12. The second-order valence-electron chi connectivity index (χ2n) is 7.09. The summed E-state index contributed by atoms with van der Waals surface area (Å²) in [5.74, 6) is 2.70. The van der Waals surface area contributed by atoms with Crippen molar-refractivity contribution in [2.24, 2.45) is 0 Å². The van der Waals surface area contributed by atoms with Crippen molar-refractivity contribution in [1.82, 2.24) is 5.32 Å². The van der Waals surface area contributed by atoms with E-state index in [1.165, 1.54) is 32.9 Å². The van der Waals surface area contributed by atoms with Crippen LogP contribution in [0, 0.1) is 0 Å². The Bertz CT molecular complexity index is 765. The molecular weight excluding hydrogens is 318 g/mol. The summed E-state index contributed by atoms with van der Waals surface area (Å²) in [5.41, 5.74) is 4.34. The van der Waals surface area contributed by atoms with Crippen LogP contribution in [0.4, 0.5) is 0 Å². The van der Waals surface area contributed by atoms with Crippen LogP contribution in [0.1, 0.15) is 58.5 Å². The second kappa shape index (κ2) is 6.08. The molecule has 2 aromatic rings. The molecule has 1 aromatic heterocycles. The third kappa shape index (κ3) is 2.44. The van der Waals surface area contributed by atoms with Crippen LogP contribution >= 0.6 is 11.3 Å². The van der Waals surface area contributed by atoms with Gasteiger partial charge in [-0.3, -0.25) is 0 Å². The molecule has 2 aliphatic rings. The molecule has 0 spiro atoms. The summed E-state index contributed by atoms with van der Waals surface area (Å²) in [5, 5.41) is 3.77. The van der Waals surface area contributed by atoms with Crippen molar-refractivity contribution >= 4 is 11.3 Å². The van der Waals surface area contributed by atoms with Crippen molar-refractivity contribution in [1.29, 1.82) is 0 Å². The Labute approximate surface area is 148 Å². The van der Waals surface area contributed by atoms with E-state index >= 15 is 0 Å². The highest BCUT2D eigenvalue weighted by Crippen LogP contribution is 2.47. The molecule has 1 N–H and O–H groups in total. The first-order valence-electron chi connectivity index (χ1n) is 8.73. The number of aryl methyl sites for hydroxylation is 1. The van der Waals surface area contributed by atoms with Gasteiger partial charge in [-0.25, -0.2) is 0 Å². The van der Waals surface area contributed by atoms with Crippen LogP contribution in [-0.2, 0) is 13.0 Å². The number of hydrogen-bond acceptors (Lipinski definition) is 4. The van der Waals surface area contributed by atoms with Gasteiger partial charge in [0, 0.05) is 28.3 Å². The van der Waals surface area contributed by atoms with E-state index in [-0.39, 0.29) is 0 Å². The monoisotopic (exact) mass is 343 g/mol. The predicted octanol–water partition coefficient (Wildman–Crippen LogP) is 4.44. The molecule has 2 heterocycles. The van der Waals surface area contributed by atoms with Gasteiger partial charge in [-0.1, -0.05) is 13.8 Å². The molecule has 1 aromatic carbocycles. The molecule has 0 fully saturated rings. The Morgan fingerprint density at radius 2 is 1.83 bits per heavy atom. The highest BCUT2D eigenvalue weighted by atomic mass is 32.1. The van der Waals surface area contributed by atoms with Crippen LogP contribution in [0.15, 0.2) is 18.2 Å². The Morgan fingerprint density at radius 3 is 2.54 bits per heavy atom. The summed E-state index contributed by atoms with van der Waals surface area (Å²) >= 11 is 1.97. The van der Waals surface area contributed by atoms with Gasteiger partial charge in [0.15, 0.2) is 11.5 Å². The van der Waals surface area contributed by atoms with Crippen molar-refractivity contribution in [3.8, 4) is 11.5 Å². The highest BCUT2D eigenvalue weighted by molar-refractivity contribution is 7.12. The van der Waals surface area contributed by atoms with Gasteiger partial charge in [-0.05, 0) is 53.6 Å². The van der Waals surface area contributed by atoms with Gasteiger partial charge in [-0.15, -0.1) is 11.3 Å². The van der Waals surface area contributed by atoms with Crippen LogP contribution in [0.2, 0.25) is 0 Å². The van der Waals surface area contributed by atoms with Crippen LogP contribution in [-0.4, -0.2) is 20.3 Å². The van der Waals surface area contributed by atoms with E-state index in [4.69, 9.17) is 9.47 Å². The van der Waals surface area contributed by atoms with Crippen LogP contribution in [0.25, 0.3) is 0 Å². The number of benzene rings is 1. The third-order valence-corrected chi connectivity index (χ3v) is 6.85. The lowest BCUT2D eigenvalue weighted by molar-refractivity contribution is 0.349. The van der Waals surface area contributed by atoms with E-state index in [1.54, 1.807) is 14.2 Å². The lowest BCUT2D eigenvalue weighted by atomic mass is 9.74. The molecule has 4 rings (SSSR count). The second-order valence-corrected chi connectivity index (χ2v) is 8.26. The minimum Gasteiger partial charge on any atom is -0.493 e. The minimum atomic E-state index is 0.432. The zero-order chi connectivity index (χ0) is 16.8. The minimum absolute atomic E-state index is 0.432. The summed E-state index contributed by atoms with van der Waals surface area (Å²) in [6.07, 6.45) is 2.28. The van der Waals surface area contributed by atoms with E-state index in [0.717, 1.165) is 24.5 Å². The lowest BCUT2D eigenvalue weighted by Gasteiger charge is -2.38. The number of thiophene rings is 1. The SMILES string of the molecule is COc1cc2c(cc1OC)[C@@H]1c3cc(C(C)C)sc3CN[C@H]1CC2. The molecule has 128 valence electrons. The highest BCUT2D eigenvalue weighted by Gasteiger charge is 2.37. The maximum absolute atomic E-state index is 5.57. The first kappa shape index (κ1) is 16.0.